The molecule has 2 aromatic rings. The van der Waals surface area contributed by atoms with Crippen LogP contribution >= 0.6 is 0 Å². The smallest absolute Gasteiger partial charge is 0.255 e. The first-order chi connectivity index (χ1) is 10.4. The average Bonchev–Trinajstić information content (AvgIpc) is 2.74. The van der Waals surface area contributed by atoms with Gasteiger partial charge in [0.1, 0.15) is 30.1 Å². The van der Waals surface area contributed by atoms with Gasteiger partial charge in [-0.3, -0.25) is 4.79 Å². The van der Waals surface area contributed by atoms with Gasteiger partial charge in [0.2, 0.25) is 0 Å². The first kappa shape index (κ1) is 15.1. The lowest BCUT2D eigenvalue weighted by Crippen LogP contribution is -2.33. The van der Waals surface area contributed by atoms with Crippen LogP contribution in [0.5, 0.6) is 0 Å². The Morgan fingerprint density at radius 2 is 2.00 bits per heavy atom. The zero-order valence-corrected chi connectivity index (χ0v) is 12.3. The number of hydrogen-bond donors (Lipinski definition) is 4. The number of ether oxygens (including phenoxy) is 1. The van der Waals surface area contributed by atoms with Gasteiger partial charge in [0, 0.05) is 16.6 Å². The van der Waals surface area contributed by atoms with Crippen LogP contribution in [-0.2, 0) is 4.74 Å². The minimum atomic E-state index is -1.27. The molecule has 1 aliphatic rings. The van der Waals surface area contributed by atoms with Crippen LogP contribution in [0.1, 0.15) is 22.9 Å². The highest BCUT2D eigenvalue weighted by atomic mass is 16.6. The molecule has 3 heterocycles. The SMILES string of the molecule is Cc1cc(C)c2cc(C3OC(CO)C(O)C3O)c(=O)[nH]c2n1. The zero-order chi connectivity index (χ0) is 16.0. The number of hydrogen-bond acceptors (Lipinski definition) is 6. The van der Waals surface area contributed by atoms with Gasteiger partial charge in [-0.1, -0.05) is 0 Å². The van der Waals surface area contributed by atoms with Crippen molar-refractivity contribution in [3.05, 3.63) is 39.3 Å². The summed E-state index contributed by atoms with van der Waals surface area (Å²) in [4.78, 5) is 19.2. The van der Waals surface area contributed by atoms with Crippen LogP contribution in [0.3, 0.4) is 0 Å². The van der Waals surface area contributed by atoms with Crippen molar-refractivity contribution >= 4 is 11.0 Å². The minimum absolute atomic E-state index is 0.212. The van der Waals surface area contributed by atoms with Crippen LogP contribution in [0, 0.1) is 13.8 Å². The molecule has 22 heavy (non-hydrogen) atoms. The number of pyridine rings is 2. The van der Waals surface area contributed by atoms with E-state index < -0.39 is 36.6 Å². The lowest BCUT2D eigenvalue weighted by atomic mass is 10.0. The van der Waals surface area contributed by atoms with E-state index in [-0.39, 0.29) is 5.56 Å². The van der Waals surface area contributed by atoms with Gasteiger partial charge < -0.3 is 25.0 Å². The first-order valence-corrected chi connectivity index (χ1v) is 7.06. The Morgan fingerprint density at radius 1 is 1.27 bits per heavy atom. The minimum Gasteiger partial charge on any atom is -0.394 e. The summed E-state index contributed by atoms with van der Waals surface area (Å²) in [5.41, 5.74) is 1.98. The van der Waals surface area contributed by atoms with E-state index in [9.17, 15) is 15.0 Å². The summed E-state index contributed by atoms with van der Waals surface area (Å²) in [5, 5.41) is 29.8. The summed E-state index contributed by atoms with van der Waals surface area (Å²) < 4.78 is 5.42. The Hall–Kier alpha value is -1.80. The van der Waals surface area contributed by atoms with Crippen molar-refractivity contribution in [2.45, 2.75) is 38.3 Å². The van der Waals surface area contributed by atoms with Crippen molar-refractivity contribution in [3.8, 4) is 0 Å². The van der Waals surface area contributed by atoms with Crippen molar-refractivity contribution in [2.75, 3.05) is 6.61 Å². The second-order valence-corrected chi connectivity index (χ2v) is 5.66. The molecule has 1 aliphatic heterocycles. The lowest BCUT2D eigenvalue weighted by Gasteiger charge is -2.15. The molecular weight excluding hydrogens is 288 g/mol. The fraction of sp³-hybridized carbons (Fsp3) is 0.467. The third-order valence-corrected chi connectivity index (χ3v) is 4.04. The normalized spacial score (nSPS) is 28.4. The van der Waals surface area contributed by atoms with Gasteiger partial charge in [-0.15, -0.1) is 0 Å². The molecule has 0 spiro atoms. The molecular formula is C15H18N2O5. The Labute approximate surface area is 126 Å². The number of aliphatic hydroxyl groups excluding tert-OH is 3. The van der Waals surface area contributed by atoms with E-state index in [1.54, 1.807) is 6.07 Å². The summed E-state index contributed by atoms with van der Waals surface area (Å²) in [7, 11) is 0. The number of nitrogens with zero attached hydrogens (tertiary/aromatic N) is 1. The quantitative estimate of drug-likeness (QED) is 0.605. The second-order valence-electron chi connectivity index (χ2n) is 5.66. The summed E-state index contributed by atoms with van der Waals surface area (Å²) in [6.45, 7) is 3.31. The molecule has 1 fully saturated rings. The predicted octanol–water partition coefficient (Wildman–Crippen LogP) is -0.306. The number of rotatable bonds is 2. The summed E-state index contributed by atoms with van der Waals surface area (Å²) >= 11 is 0. The molecule has 118 valence electrons. The van der Waals surface area contributed by atoms with E-state index in [1.165, 1.54) is 0 Å². The molecule has 4 atom stereocenters. The van der Waals surface area contributed by atoms with E-state index in [4.69, 9.17) is 9.84 Å². The van der Waals surface area contributed by atoms with Crippen molar-refractivity contribution in [1.82, 2.24) is 9.97 Å². The molecule has 0 aliphatic carbocycles. The number of aryl methyl sites for hydroxylation is 2. The molecule has 4 N–H and O–H groups in total. The molecule has 3 rings (SSSR count). The van der Waals surface area contributed by atoms with Crippen LogP contribution < -0.4 is 5.56 Å². The number of fused-ring (bicyclic) bond motifs is 1. The molecule has 0 saturated carbocycles. The Bertz CT molecular complexity index is 772. The van der Waals surface area contributed by atoms with E-state index in [0.717, 1.165) is 16.6 Å². The average molecular weight is 306 g/mol. The van der Waals surface area contributed by atoms with Gasteiger partial charge in [0.05, 0.1) is 6.61 Å². The molecule has 2 aromatic heterocycles. The molecule has 0 radical (unpaired) electrons. The van der Waals surface area contributed by atoms with E-state index in [2.05, 4.69) is 9.97 Å². The lowest BCUT2D eigenvalue weighted by molar-refractivity contribution is -0.0231. The molecule has 0 aromatic carbocycles. The summed E-state index contributed by atoms with van der Waals surface area (Å²) in [5.74, 6) is 0. The van der Waals surface area contributed by atoms with Crippen molar-refractivity contribution in [2.24, 2.45) is 0 Å². The fourth-order valence-electron chi connectivity index (χ4n) is 2.89. The number of H-pyrrole nitrogens is 1. The van der Waals surface area contributed by atoms with Crippen LogP contribution in [0.25, 0.3) is 11.0 Å². The monoisotopic (exact) mass is 306 g/mol. The zero-order valence-electron chi connectivity index (χ0n) is 12.3. The third kappa shape index (κ3) is 2.32. The number of aromatic nitrogens is 2. The summed E-state index contributed by atoms with van der Waals surface area (Å²) in [6.07, 6.45) is -4.40. The second kappa shape index (κ2) is 5.44. The van der Waals surface area contributed by atoms with E-state index in [0.29, 0.717) is 5.65 Å². The molecule has 7 nitrogen and oxygen atoms in total. The van der Waals surface area contributed by atoms with E-state index >= 15 is 0 Å². The first-order valence-electron chi connectivity index (χ1n) is 7.06. The highest BCUT2D eigenvalue weighted by Crippen LogP contribution is 2.32. The van der Waals surface area contributed by atoms with Gasteiger partial charge in [0.15, 0.2) is 0 Å². The largest absolute Gasteiger partial charge is 0.394 e. The summed E-state index contributed by atoms with van der Waals surface area (Å²) in [6, 6.07) is 3.51. The predicted molar refractivity (Wildman–Crippen MR) is 78.6 cm³/mol. The highest BCUT2D eigenvalue weighted by molar-refractivity contribution is 5.79. The Morgan fingerprint density at radius 3 is 2.64 bits per heavy atom. The van der Waals surface area contributed by atoms with Gasteiger partial charge in [-0.2, -0.15) is 0 Å². The number of nitrogens with one attached hydrogen (secondary N) is 1. The maximum atomic E-state index is 12.3. The maximum absolute atomic E-state index is 12.3. The molecule has 0 amide bonds. The van der Waals surface area contributed by atoms with Gasteiger partial charge >= 0.3 is 0 Å². The standard InChI is InChI=1S/C15H18N2O5/c1-6-3-7(2)16-14-8(6)4-9(15(21)17-14)13-12(20)11(19)10(5-18)22-13/h3-4,10-13,18-20H,5H2,1-2H3,(H,16,17,21). The van der Waals surface area contributed by atoms with Crippen molar-refractivity contribution < 1.29 is 20.1 Å². The van der Waals surface area contributed by atoms with Crippen LogP contribution in [0.4, 0.5) is 0 Å². The van der Waals surface area contributed by atoms with Crippen molar-refractivity contribution in [1.29, 1.82) is 0 Å². The van der Waals surface area contributed by atoms with Gasteiger partial charge in [-0.05, 0) is 31.5 Å². The Kier molecular flexibility index (Phi) is 3.73. The highest BCUT2D eigenvalue weighted by Gasteiger charge is 2.44. The van der Waals surface area contributed by atoms with Gasteiger partial charge in [-0.25, -0.2) is 4.98 Å². The fourth-order valence-corrected chi connectivity index (χ4v) is 2.89. The number of aromatic amines is 1. The topological polar surface area (TPSA) is 116 Å². The molecule has 0 bridgehead atoms. The van der Waals surface area contributed by atoms with Crippen LogP contribution in [0.2, 0.25) is 0 Å². The van der Waals surface area contributed by atoms with Gasteiger partial charge in [0.25, 0.3) is 5.56 Å². The van der Waals surface area contributed by atoms with Crippen LogP contribution in [0.15, 0.2) is 16.9 Å². The van der Waals surface area contributed by atoms with Crippen LogP contribution in [-0.4, -0.2) is 50.2 Å². The van der Waals surface area contributed by atoms with Crippen molar-refractivity contribution in [3.63, 3.8) is 0 Å². The maximum Gasteiger partial charge on any atom is 0.255 e. The molecule has 1 saturated heterocycles. The number of aliphatic hydroxyl groups is 3. The Balaban J connectivity index is 2.12. The molecule has 4 unspecified atom stereocenters. The molecule has 7 heteroatoms. The third-order valence-electron chi connectivity index (χ3n) is 4.04. The van der Waals surface area contributed by atoms with E-state index in [1.807, 2.05) is 19.9 Å².